The maximum Gasteiger partial charge on any atom is 0.253 e. The summed E-state index contributed by atoms with van der Waals surface area (Å²) in [5.41, 5.74) is 1.82. The number of phenolic OH excluding ortho intramolecular Hbond substituents is 1. The van der Waals surface area contributed by atoms with Crippen molar-refractivity contribution in [3.05, 3.63) is 66.2 Å². The van der Waals surface area contributed by atoms with Crippen LogP contribution in [0.4, 0.5) is 11.4 Å². The monoisotopic (exact) mass is 392 g/mol. The minimum Gasteiger partial charge on any atom is -0.506 e. The van der Waals surface area contributed by atoms with Gasteiger partial charge in [-0.05, 0) is 36.2 Å². The Kier molecular flexibility index (Phi) is 6.47. The molecule has 29 heavy (non-hydrogen) atoms. The second-order valence-electron chi connectivity index (χ2n) is 6.37. The number of rotatable bonds is 8. The molecule has 0 spiro atoms. The third-order valence-electron chi connectivity index (χ3n) is 4.27. The van der Waals surface area contributed by atoms with Crippen LogP contribution in [0.15, 0.2) is 70.9 Å². The predicted octanol–water partition coefficient (Wildman–Crippen LogP) is 2.78. The molecule has 1 heterocycles. The van der Waals surface area contributed by atoms with Gasteiger partial charge in [0.2, 0.25) is 5.91 Å². The van der Waals surface area contributed by atoms with E-state index in [1.165, 1.54) is 18.2 Å². The number of aryl methyl sites for hydroxylation is 1. The Labute approximate surface area is 167 Å². The standard InChI is InChI=1S/C21H20N4O4/c26-18-8-6-15(14-17(18)24-23-16-4-2-1-3-5-16)7-9-19(27)22-12-13-25-20(28)10-11-21(25)29/h1-6,8,10-11,14,26H,7,9,12-13H2,(H,22,27)/b24-23+. The highest BCUT2D eigenvalue weighted by atomic mass is 16.3. The number of aromatic hydroxyl groups is 1. The molecule has 0 radical (unpaired) electrons. The van der Waals surface area contributed by atoms with Crippen LogP contribution >= 0.6 is 0 Å². The van der Waals surface area contributed by atoms with Crippen molar-refractivity contribution in [1.82, 2.24) is 10.2 Å². The van der Waals surface area contributed by atoms with E-state index in [1.807, 2.05) is 18.2 Å². The van der Waals surface area contributed by atoms with Crippen molar-refractivity contribution in [1.29, 1.82) is 0 Å². The average Bonchev–Trinajstić information content (AvgIpc) is 3.05. The Bertz CT molecular complexity index is 952. The number of imide groups is 1. The normalized spacial score (nSPS) is 13.4. The van der Waals surface area contributed by atoms with Gasteiger partial charge in [-0.1, -0.05) is 24.3 Å². The minimum atomic E-state index is -0.370. The summed E-state index contributed by atoms with van der Waals surface area (Å²) in [7, 11) is 0. The van der Waals surface area contributed by atoms with Crippen LogP contribution < -0.4 is 5.32 Å². The maximum absolute atomic E-state index is 12.0. The molecular formula is C21H20N4O4. The van der Waals surface area contributed by atoms with Crippen LogP contribution in [0.3, 0.4) is 0 Å². The predicted molar refractivity (Wildman–Crippen MR) is 106 cm³/mol. The lowest BCUT2D eigenvalue weighted by atomic mass is 10.1. The third kappa shape index (κ3) is 5.58. The molecule has 2 aromatic rings. The Balaban J connectivity index is 1.49. The molecule has 1 aliphatic heterocycles. The van der Waals surface area contributed by atoms with Gasteiger partial charge in [0.05, 0.1) is 5.69 Å². The van der Waals surface area contributed by atoms with Gasteiger partial charge in [0.25, 0.3) is 11.8 Å². The van der Waals surface area contributed by atoms with Gasteiger partial charge < -0.3 is 10.4 Å². The van der Waals surface area contributed by atoms with E-state index < -0.39 is 0 Å². The van der Waals surface area contributed by atoms with Crippen LogP contribution in [0.5, 0.6) is 5.75 Å². The van der Waals surface area contributed by atoms with E-state index in [9.17, 15) is 19.5 Å². The second-order valence-corrected chi connectivity index (χ2v) is 6.37. The molecule has 8 heteroatoms. The number of nitrogens with zero attached hydrogens (tertiary/aromatic N) is 3. The van der Waals surface area contributed by atoms with Gasteiger partial charge >= 0.3 is 0 Å². The van der Waals surface area contributed by atoms with Crippen LogP contribution in [0.2, 0.25) is 0 Å². The number of benzene rings is 2. The van der Waals surface area contributed by atoms with Crippen molar-refractivity contribution >= 4 is 29.1 Å². The lowest BCUT2D eigenvalue weighted by molar-refractivity contribution is -0.137. The zero-order valence-electron chi connectivity index (χ0n) is 15.6. The number of amides is 3. The molecule has 3 amide bonds. The van der Waals surface area contributed by atoms with E-state index in [1.54, 1.807) is 24.3 Å². The fourth-order valence-corrected chi connectivity index (χ4v) is 2.72. The van der Waals surface area contributed by atoms with E-state index >= 15 is 0 Å². The van der Waals surface area contributed by atoms with Crippen molar-refractivity contribution in [3.8, 4) is 5.75 Å². The summed E-state index contributed by atoms with van der Waals surface area (Å²) in [6, 6.07) is 14.1. The van der Waals surface area contributed by atoms with E-state index in [-0.39, 0.29) is 43.0 Å². The van der Waals surface area contributed by atoms with Crippen LogP contribution in [0.25, 0.3) is 0 Å². The number of azo groups is 1. The van der Waals surface area contributed by atoms with Gasteiger partial charge in [-0.3, -0.25) is 19.3 Å². The Hall–Kier alpha value is -3.81. The first-order chi connectivity index (χ1) is 14.0. The Morgan fingerprint density at radius 2 is 1.72 bits per heavy atom. The minimum absolute atomic E-state index is 0.00596. The first-order valence-corrected chi connectivity index (χ1v) is 9.12. The van der Waals surface area contributed by atoms with Gasteiger partial charge in [0.1, 0.15) is 11.4 Å². The van der Waals surface area contributed by atoms with Gasteiger partial charge in [-0.2, -0.15) is 5.11 Å². The number of hydrogen-bond donors (Lipinski definition) is 2. The molecule has 0 bridgehead atoms. The summed E-state index contributed by atoms with van der Waals surface area (Å²) < 4.78 is 0. The molecule has 0 saturated heterocycles. The van der Waals surface area contributed by atoms with Crippen molar-refractivity contribution in [3.63, 3.8) is 0 Å². The lowest BCUT2D eigenvalue weighted by Crippen LogP contribution is -2.38. The van der Waals surface area contributed by atoms with Crippen molar-refractivity contribution in [2.45, 2.75) is 12.8 Å². The first-order valence-electron chi connectivity index (χ1n) is 9.12. The number of carbonyl (C=O) groups excluding carboxylic acids is 3. The Morgan fingerprint density at radius 1 is 1.00 bits per heavy atom. The highest BCUT2D eigenvalue weighted by Gasteiger charge is 2.22. The summed E-state index contributed by atoms with van der Waals surface area (Å²) >= 11 is 0. The van der Waals surface area contributed by atoms with Crippen molar-refractivity contribution < 1.29 is 19.5 Å². The number of hydrogen-bond acceptors (Lipinski definition) is 6. The zero-order chi connectivity index (χ0) is 20.6. The zero-order valence-corrected chi connectivity index (χ0v) is 15.6. The summed E-state index contributed by atoms with van der Waals surface area (Å²) in [5, 5.41) is 20.8. The maximum atomic E-state index is 12.0. The number of carbonyl (C=O) groups is 3. The molecule has 0 saturated carbocycles. The molecule has 0 atom stereocenters. The Morgan fingerprint density at radius 3 is 2.45 bits per heavy atom. The highest BCUT2D eigenvalue weighted by Crippen LogP contribution is 2.29. The van der Waals surface area contributed by atoms with Crippen LogP contribution in [-0.2, 0) is 20.8 Å². The highest BCUT2D eigenvalue weighted by molar-refractivity contribution is 6.12. The number of phenols is 1. The second kappa shape index (κ2) is 9.41. The van der Waals surface area contributed by atoms with Gasteiger partial charge in [-0.15, -0.1) is 5.11 Å². The molecule has 148 valence electrons. The average molecular weight is 392 g/mol. The molecule has 2 N–H and O–H groups in total. The first kappa shape index (κ1) is 19.9. The van der Waals surface area contributed by atoms with E-state index in [0.29, 0.717) is 17.8 Å². The molecular weight excluding hydrogens is 372 g/mol. The largest absolute Gasteiger partial charge is 0.506 e. The smallest absolute Gasteiger partial charge is 0.253 e. The van der Waals surface area contributed by atoms with Gasteiger partial charge in [0.15, 0.2) is 0 Å². The molecule has 0 aliphatic carbocycles. The fourth-order valence-electron chi connectivity index (χ4n) is 2.72. The van der Waals surface area contributed by atoms with Crippen LogP contribution in [0, 0.1) is 0 Å². The van der Waals surface area contributed by atoms with E-state index in [4.69, 9.17) is 0 Å². The summed E-state index contributed by atoms with van der Waals surface area (Å²) in [6.07, 6.45) is 3.09. The quantitative estimate of drug-likeness (QED) is 0.531. The molecule has 0 fully saturated rings. The molecule has 0 unspecified atom stereocenters. The molecule has 0 aromatic heterocycles. The van der Waals surface area contributed by atoms with E-state index in [0.717, 1.165) is 10.5 Å². The number of nitrogens with one attached hydrogen (secondary N) is 1. The SMILES string of the molecule is O=C(CCc1ccc(O)c(/N=N/c2ccccc2)c1)NCCN1C(=O)C=CC1=O. The van der Waals surface area contributed by atoms with Gasteiger partial charge in [-0.25, -0.2) is 0 Å². The van der Waals surface area contributed by atoms with E-state index in [2.05, 4.69) is 15.5 Å². The van der Waals surface area contributed by atoms with Crippen LogP contribution in [-0.4, -0.2) is 40.8 Å². The third-order valence-corrected chi connectivity index (χ3v) is 4.27. The fraction of sp³-hybridized carbons (Fsp3) is 0.190. The molecule has 2 aromatic carbocycles. The molecule has 3 rings (SSSR count). The summed E-state index contributed by atoms with van der Waals surface area (Å²) in [6.45, 7) is 0.337. The molecule has 8 nitrogen and oxygen atoms in total. The van der Waals surface area contributed by atoms with Crippen molar-refractivity contribution in [2.24, 2.45) is 10.2 Å². The summed E-state index contributed by atoms with van der Waals surface area (Å²) in [5.74, 6) is -0.930. The van der Waals surface area contributed by atoms with Crippen molar-refractivity contribution in [2.75, 3.05) is 13.1 Å². The summed E-state index contributed by atoms with van der Waals surface area (Å²) in [4.78, 5) is 36.0. The van der Waals surface area contributed by atoms with Crippen LogP contribution in [0.1, 0.15) is 12.0 Å². The molecule has 1 aliphatic rings. The topological polar surface area (TPSA) is 111 Å². The lowest BCUT2D eigenvalue weighted by Gasteiger charge is -2.14. The van der Waals surface area contributed by atoms with Gasteiger partial charge in [0, 0.05) is 31.7 Å².